The topological polar surface area (TPSA) is 96.5 Å². The Bertz CT molecular complexity index is 952. The van der Waals surface area contributed by atoms with E-state index < -0.39 is 11.6 Å². The third-order valence-corrected chi connectivity index (χ3v) is 5.55. The number of benzene rings is 1. The number of piperidine rings is 1. The molecular weight excluding hydrogens is 430 g/mol. The minimum Gasteiger partial charge on any atom is -0.456 e. The molecule has 1 aliphatic rings. The van der Waals surface area contributed by atoms with E-state index in [2.05, 4.69) is 20.6 Å². The van der Waals surface area contributed by atoms with E-state index in [4.69, 9.17) is 17.7 Å². The van der Waals surface area contributed by atoms with Crippen LogP contribution in [0.3, 0.4) is 0 Å². The zero-order valence-electron chi connectivity index (χ0n) is 19.4. The number of aromatic nitrogens is 2. The lowest BCUT2D eigenvalue weighted by Gasteiger charge is -2.32. The maximum absolute atomic E-state index is 12.7. The van der Waals surface area contributed by atoms with Gasteiger partial charge in [-0.2, -0.15) is 0 Å². The summed E-state index contributed by atoms with van der Waals surface area (Å²) in [6, 6.07) is 6.80. The Morgan fingerprint density at radius 1 is 1.28 bits per heavy atom. The maximum Gasteiger partial charge on any atom is 0.340 e. The van der Waals surface area contributed by atoms with Gasteiger partial charge in [0.1, 0.15) is 17.7 Å². The van der Waals surface area contributed by atoms with E-state index in [-0.39, 0.29) is 29.9 Å². The molecule has 3 rings (SSSR count). The van der Waals surface area contributed by atoms with Gasteiger partial charge >= 0.3 is 5.97 Å². The summed E-state index contributed by atoms with van der Waals surface area (Å²) in [5, 5.41) is 6.56. The van der Waals surface area contributed by atoms with Gasteiger partial charge in [0.05, 0.1) is 22.8 Å². The summed E-state index contributed by atoms with van der Waals surface area (Å²) >= 11 is 6.40. The van der Waals surface area contributed by atoms with E-state index in [1.807, 2.05) is 11.0 Å². The van der Waals surface area contributed by atoms with Crippen LogP contribution < -0.4 is 10.6 Å². The summed E-state index contributed by atoms with van der Waals surface area (Å²) in [7, 11) is 0. The number of ether oxygens (including phenoxy) is 1. The standard InChI is InChI=1S/C23H30ClN5O3/c1-23(2,3)32-22(31)17-5-4-6-18(21(17)24)26-14-20(30)29-11-8-16(9-12-29)13-27-19-7-10-25-15-28-19/h4-7,10,15-16,26H,8-9,11-14H2,1-3H3,(H,25,27,28)/i1D. The zero-order chi connectivity index (χ0) is 23.8. The summed E-state index contributed by atoms with van der Waals surface area (Å²) in [6.45, 7) is 5.56. The van der Waals surface area contributed by atoms with Gasteiger partial charge in [-0.1, -0.05) is 17.7 Å². The molecule has 8 nitrogen and oxygen atoms in total. The number of carbonyl (C=O) groups excluding carboxylic acids is 2. The molecule has 0 saturated carbocycles. The van der Waals surface area contributed by atoms with Crippen molar-refractivity contribution in [3.63, 3.8) is 0 Å². The lowest BCUT2D eigenvalue weighted by atomic mass is 9.96. The van der Waals surface area contributed by atoms with Gasteiger partial charge in [-0.05, 0) is 57.7 Å². The van der Waals surface area contributed by atoms with Crippen LogP contribution in [-0.2, 0) is 9.53 Å². The quantitative estimate of drug-likeness (QED) is 0.606. The normalized spacial score (nSPS) is 15.1. The van der Waals surface area contributed by atoms with Crippen LogP contribution in [0.1, 0.15) is 45.3 Å². The van der Waals surface area contributed by atoms with Gasteiger partial charge < -0.3 is 20.3 Å². The summed E-state index contributed by atoms with van der Waals surface area (Å²) in [4.78, 5) is 35.0. The van der Waals surface area contributed by atoms with Crippen molar-refractivity contribution in [2.24, 2.45) is 5.92 Å². The van der Waals surface area contributed by atoms with Crippen LogP contribution in [0.5, 0.6) is 0 Å². The van der Waals surface area contributed by atoms with Gasteiger partial charge in [-0.3, -0.25) is 4.79 Å². The van der Waals surface area contributed by atoms with Crippen LogP contribution >= 0.6 is 11.6 Å². The number of halogens is 1. The Hall–Kier alpha value is -2.87. The molecular formula is C23H30ClN5O3. The first-order chi connectivity index (χ1) is 15.8. The summed E-state index contributed by atoms with van der Waals surface area (Å²) in [5.74, 6) is 0.669. The number of hydrogen-bond acceptors (Lipinski definition) is 7. The molecule has 0 unspecified atom stereocenters. The lowest BCUT2D eigenvalue weighted by molar-refractivity contribution is -0.130. The predicted octanol–water partition coefficient (Wildman–Crippen LogP) is 3.85. The highest BCUT2D eigenvalue weighted by Gasteiger charge is 2.24. The molecule has 1 aliphatic heterocycles. The highest BCUT2D eigenvalue weighted by Crippen LogP contribution is 2.28. The van der Waals surface area contributed by atoms with E-state index in [9.17, 15) is 9.59 Å². The maximum atomic E-state index is 12.7. The predicted molar refractivity (Wildman–Crippen MR) is 125 cm³/mol. The van der Waals surface area contributed by atoms with Crippen LogP contribution in [0.2, 0.25) is 5.02 Å². The molecule has 0 spiro atoms. The molecule has 1 aromatic carbocycles. The van der Waals surface area contributed by atoms with Crippen molar-refractivity contribution in [1.82, 2.24) is 14.9 Å². The number of rotatable bonds is 7. The largest absolute Gasteiger partial charge is 0.456 e. The van der Waals surface area contributed by atoms with E-state index in [1.54, 1.807) is 38.2 Å². The van der Waals surface area contributed by atoms with Crippen molar-refractivity contribution < 1.29 is 15.7 Å². The fourth-order valence-corrected chi connectivity index (χ4v) is 3.72. The number of hydrogen-bond donors (Lipinski definition) is 2. The number of anilines is 2. The van der Waals surface area contributed by atoms with Crippen molar-refractivity contribution in [2.75, 3.05) is 36.8 Å². The average Bonchev–Trinajstić information content (AvgIpc) is 2.82. The Morgan fingerprint density at radius 2 is 2.06 bits per heavy atom. The van der Waals surface area contributed by atoms with Crippen molar-refractivity contribution in [1.29, 1.82) is 0 Å². The summed E-state index contributed by atoms with van der Waals surface area (Å²) in [6.07, 6.45) is 5.04. The molecule has 32 heavy (non-hydrogen) atoms. The molecule has 2 heterocycles. The number of nitrogens with one attached hydrogen (secondary N) is 2. The number of nitrogens with zero attached hydrogens (tertiary/aromatic N) is 3. The molecule has 0 radical (unpaired) electrons. The highest BCUT2D eigenvalue weighted by molar-refractivity contribution is 6.36. The molecule has 2 aromatic rings. The average molecular weight is 461 g/mol. The summed E-state index contributed by atoms with van der Waals surface area (Å²) in [5.41, 5.74) is -0.212. The van der Waals surface area contributed by atoms with Crippen LogP contribution in [0.15, 0.2) is 36.8 Å². The fraction of sp³-hybridized carbons (Fsp3) is 0.478. The van der Waals surface area contributed by atoms with E-state index >= 15 is 0 Å². The molecule has 172 valence electrons. The lowest BCUT2D eigenvalue weighted by Crippen LogP contribution is -2.42. The smallest absolute Gasteiger partial charge is 0.340 e. The fourth-order valence-electron chi connectivity index (χ4n) is 3.45. The Morgan fingerprint density at radius 3 is 2.75 bits per heavy atom. The highest BCUT2D eigenvalue weighted by atomic mass is 35.5. The molecule has 9 heteroatoms. The van der Waals surface area contributed by atoms with Gasteiger partial charge in [0, 0.05) is 27.2 Å². The zero-order valence-corrected chi connectivity index (χ0v) is 19.2. The SMILES string of the molecule is [2H]CC(C)(C)OC(=O)c1cccc(NCC(=O)N2CCC(CNc3ccncn3)CC2)c1Cl. The van der Waals surface area contributed by atoms with Gasteiger partial charge in [0.2, 0.25) is 5.91 Å². The van der Waals surface area contributed by atoms with Gasteiger partial charge in [0.15, 0.2) is 0 Å². The van der Waals surface area contributed by atoms with Gasteiger partial charge in [-0.25, -0.2) is 14.8 Å². The van der Waals surface area contributed by atoms with Crippen molar-refractivity contribution >= 4 is 35.0 Å². The minimum atomic E-state index is -0.906. The Labute approximate surface area is 195 Å². The van der Waals surface area contributed by atoms with Crippen molar-refractivity contribution in [3.05, 3.63) is 47.4 Å². The van der Waals surface area contributed by atoms with Crippen LogP contribution in [0.25, 0.3) is 0 Å². The van der Waals surface area contributed by atoms with Gasteiger partial charge in [0.25, 0.3) is 0 Å². The van der Waals surface area contributed by atoms with Crippen LogP contribution in [0.4, 0.5) is 11.5 Å². The monoisotopic (exact) mass is 460 g/mol. The second-order valence-electron chi connectivity index (χ2n) is 8.47. The molecule has 1 amide bonds. The Balaban J connectivity index is 1.47. The van der Waals surface area contributed by atoms with Crippen LogP contribution in [0, 0.1) is 5.92 Å². The minimum absolute atomic E-state index is 0.0170. The van der Waals surface area contributed by atoms with Crippen molar-refractivity contribution in [3.8, 4) is 0 Å². The Kier molecular flexibility index (Phi) is 7.42. The third-order valence-electron chi connectivity index (χ3n) is 5.14. The first-order valence-corrected chi connectivity index (χ1v) is 11.0. The molecule has 1 fully saturated rings. The first kappa shape index (κ1) is 22.3. The second-order valence-corrected chi connectivity index (χ2v) is 8.85. The van der Waals surface area contributed by atoms with Crippen LogP contribution in [-0.4, -0.2) is 58.5 Å². The molecule has 1 saturated heterocycles. The molecule has 0 atom stereocenters. The molecule has 2 N–H and O–H groups in total. The molecule has 0 aliphatic carbocycles. The number of amides is 1. The first-order valence-electron chi connectivity index (χ1n) is 11.3. The molecule has 1 aromatic heterocycles. The number of esters is 1. The van der Waals surface area contributed by atoms with Crippen molar-refractivity contribution in [2.45, 2.75) is 39.2 Å². The summed E-state index contributed by atoms with van der Waals surface area (Å²) < 4.78 is 12.8. The number of likely N-dealkylation sites (tertiary alicyclic amines) is 1. The number of carbonyl (C=O) groups is 2. The van der Waals surface area contributed by atoms with E-state index in [1.165, 1.54) is 6.33 Å². The molecule has 0 bridgehead atoms. The van der Waals surface area contributed by atoms with E-state index in [0.29, 0.717) is 24.7 Å². The van der Waals surface area contributed by atoms with Gasteiger partial charge in [-0.15, -0.1) is 0 Å². The third kappa shape index (κ3) is 6.82. The van der Waals surface area contributed by atoms with E-state index in [0.717, 1.165) is 25.2 Å². The second kappa shape index (κ2) is 10.6.